The Morgan fingerprint density at radius 3 is 2.38 bits per heavy atom. The standard InChI is InChI=1S/C20H21ClN2O3/c21-18-9-5-4-6-16(18)14-26-19(24)15-10-12-23(13-11-15)20(25)22-17-7-2-1-3-8-17/h1-9,15H,10-14H2,(H,22,25). The molecule has 2 aromatic rings. The minimum atomic E-state index is -0.229. The second-order valence-electron chi connectivity index (χ2n) is 6.26. The number of anilines is 1. The van der Waals surface area contributed by atoms with Crippen molar-refractivity contribution in [3.05, 3.63) is 65.2 Å². The zero-order valence-corrected chi connectivity index (χ0v) is 15.1. The maximum absolute atomic E-state index is 12.3. The number of halogens is 1. The molecule has 0 atom stereocenters. The molecule has 1 heterocycles. The molecule has 1 saturated heterocycles. The Hall–Kier alpha value is -2.53. The van der Waals surface area contributed by atoms with Crippen molar-refractivity contribution in [1.82, 2.24) is 4.90 Å². The van der Waals surface area contributed by atoms with Crippen LogP contribution < -0.4 is 5.32 Å². The molecule has 0 spiro atoms. The smallest absolute Gasteiger partial charge is 0.321 e. The lowest BCUT2D eigenvalue weighted by atomic mass is 9.97. The summed E-state index contributed by atoms with van der Waals surface area (Å²) in [6.45, 7) is 1.24. The van der Waals surface area contributed by atoms with E-state index in [0.717, 1.165) is 11.3 Å². The normalized spacial score (nSPS) is 14.7. The van der Waals surface area contributed by atoms with Gasteiger partial charge in [-0.3, -0.25) is 4.79 Å². The molecule has 6 heteroatoms. The van der Waals surface area contributed by atoms with Gasteiger partial charge in [0.15, 0.2) is 0 Å². The highest BCUT2D eigenvalue weighted by atomic mass is 35.5. The third-order valence-electron chi connectivity index (χ3n) is 4.47. The van der Waals surface area contributed by atoms with Crippen molar-refractivity contribution < 1.29 is 14.3 Å². The minimum absolute atomic E-state index is 0.140. The van der Waals surface area contributed by atoms with Crippen molar-refractivity contribution >= 4 is 29.3 Å². The topological polar surface area (TPSA) is 58.6 Å². The first-order chi connectivity index (χ1) is 12.6. The third-order valence-corrected chi connectivity index (χ3v) is 4.84. The van der Waals surface area contributed by atoms with Crippen LogP contribution in [0.4, 0.5) is 10.5 Å². The molecule has 1 aliphatic rings. The first kappa shape index (κ1) is 18.3. The van der Waals surface area contributed by atoms with Gasteiger partial charge >= 0.3 is 12.0 Å². The number of hydrogen-bond donors (Lipinski definition) is 1. The number of amides is 2. The zero-order valence-electron chi connectivity index (χ0n) is 14.4. The maximum Gasteiger partial charge on any atom is 0.321 e. The summed E-state index contributed by atoms with van der Waals surface area (Å²) in [7, 11) is 0. The predicted octanol–water partition coefficient (Wildman–Crippen LogP) is 4.33. The van der Waals surface area contributed by atoms with Gasteiger partial charge in [0.1, 0.15) is 6.61 Å². The molecule has 26 heavy (non-hydrogen) atoms. The highest BCUT2D eigenvalue weighted by Crippen LogP contribution is 2.21. The quantitative estimate of drug-likeness (QED) is 0.813. The summed E-state index contributed by atoms with van der Waals surface area (Å²) >= 11 is 6.07. The average molecular weight is 373 g/mol. The number of nitrogens with one attached hydrogen (secondary N) is 1. The maximum atomic E-state index is 12.3. The van der Waals surface area contributed by atoms with Crippen molar-refractivity contribution in [3.63, 3.8) is 0 Å². The molecule has 1 aliphatic heterocycles. The fraction of sp³-hybridized carbons (Fsp3) is 0.300. The van der Waals surface area contributed by atoms with Gasteiger partial charge in [-0.25, -0.2) is 4.79 Å². The summed E-state index contributed by atoms with van der Waals surface area (Å²) < 4.78 is 5.40. The van der Waals surface area contributed by atoms with Gasteiger partial charge in [-0.15, -0.1) is 0 Å². The van der Waals surface area contributed by atoms with Crippen molar-refractivity contribution in [2.24, 2.45) is 5.92 Å². The van der Waals surface area contributed by atoms with E-state index in [4.69, 9.17) is 16.3 Å². The fourth-order valence-corrected chi connectivity index (χ4v) is 3.11. The molecule has 2 aromatic carbocycles. The lowest BCUT2D eigenvalue weighted by Gasteiger charge is -2.31. The number of likely N-dealkylation sites (tertiary alicyclic amines) is 1. The number of benzene rings is 2. The monoisotopic (exact) mass is 372 g/mol. The Balaban J connectivity index is 1.45. The number of rotatable bonds is 4. The molecule has 0 unspecified atom stereocenters. The summed E-state index contributed by atoms with van der Waals surface area (Å²) in [6, 6.07) is 16.5. The molecule has 0 bridgehead atoms. The SMILES string of the molecule is O=C(OCc1ccccc1Cl)C1CCN(C(=O)Nc2ccccc2)CC1. The van der Waals surface area contributed by atoms with Crippen LogP contribution in [0.5, 0.6) is 0 Å². The minimum Gasteiger partial charge on any atom is -0.461 e. The van der Waals surface area contributed by atoms with E-state index < -0.39 is 0 Å². The van der Waals surface area contributed by atoms with Gasteiger partial charge in [-0.2, -0.15) is 0 Å². The van der Waals surface area contributed by atoms with E-state index in [1.165, 1.54) is 0 Å². The molecule has 136 valence electrons. The molecule has 1 fully saturated rings. The van der Waals surface area contributed by atoms with Crippen LogP contribution >= 0.6 is 11.6 Å². The van der Waals surface area contributed by atoms with E-state index in [9.17, 15) is 9.59 Å². The van der Waals surface area contributed by atoms with Crippen LogP contribution in [0, 0.1) is 5.92 Å². The number of carbonyl (C=O) groups is 2. The average Bonchev–Trinajstić information content (AvgIpc) is 2.68. The number of ether oxygens (including phenoxy) is 1. The van der Waals surface area contributed by atoms with Gasteiger partial charge in [0, 0.05) is 29.4 Å². The van der Waals surface area contributed by atoms with Crippen molar-refractivity contribution in [1.29, 1.82) is 0 Å². The van der Waals surface area contributed by atoms with E-state index in [-0.39, 0.29) is 24.5 Å². The predicted molar refractivity (Wildman–Crippen MR) is 101 cm³/mol. The van der Waals surface area contributed by atoms with Crippen LogP contribution in [0.1, 0.15) is 18.4 Å². The van der Waals surface area contributed by atoms with E-state index in [0.29, 0.717) is 31.0 Å². The molecular formula is C20H21ClN2O3. The highest BCUT2D eigenvalue weighted by Gasteiger charge is 2.28. The number of esters is 1. The molecule has 2 amide bonds. The Morgan fingerprint density at radius 1 is 1.04 bits per heavy atom. The number of urea groups is 1. The van der Waals surface area contributed by atoms with Crippen LogP contribution in [-0.2, 0) is 16.1 Å². The summed E-state index contributed by atoms with van der Waals surface area (Å²) in [5, 5.41) is 3.46. The number of carbonyl (C=O) groups excluding carboxylic acids is 2. The van der Waals surface area contributed by atoms with Crippen LogP contribution in [0.15, 0.2) is 54.6 Å². The molecule has 0 saturated carbocycles. The second-order valence-corrected chi connectivity index (χ2v) is 6.66. The van der Waals surface area contributed by atoms with Crippen molar-refractivity contribution in [2.75, 3.05) is 18.4 Å². The van der Waals surface area contributed by atoms with Gasteiger partial charge in [0.05, 0.1) is 5.92 Å². The van der Waals surface area contributed by atoms with E-state index >= 15 is 0 Å². The first-order valence-electron chi connectivity index (χ1n) is 8.64. The van der Waals surface area contributed by atoms with Gasteiger partial charge in [-0.1, -0.05) is 48.0 Å². The van der Waals surface area contributed by atoms with Gasteiger partial charge in [-0.05, 0) is 31.0 Å². The third kappa shape index (κ3) is 4.76. The number of piperidine rings is 1. The van der Waals surface area contributed by atoms with Crippen molar-refractivity contribution in [3.8, 4) is 0 Å². The largest absolute Gasteiger partial charge is 0.461 e. The Bertz CT molecular complexity index is 759. The lowest BCUT2D eigenvalue weighted by Crippen LogP contribution is -2.42. The molecule has 0 radical (unpaired) electrons. The molecule has 0 aliphatic carbocycles. The van der Waals surface area contributed by atoms with Crippen LogP contribution in [0.25, 0.3) is 0 Å². The Labute approximate surface area is 157 Å². The Kier molecular flexibility index (Phi) is 6.12. The van der Waals surface area contributed by atoms with Gasteiger partial charge in [0.2, 0.25) is 0 Å². The molecule has 5 nitrogen and oxygen atoms in total. The summed E-state index contributed by atoms with van der Waals surface area (Å²) in [5.41, 5.74) is 1.56. The highest BCUT2D eigenvalue weighted by molar-refractivity contribution is 6.31. The van der Waals surface area contributed by atoms with Gasteiger partial charge in [0.25, 0.3) is 0 Å². The molecule has 3 rings (SSSR count). The summed E-state index contributed by atoms with van der Waals surface area (Å²) in [5.74, 6) is -0.411. The van der Waals surface area contributed by atoms with Crippen molar-refractivity contribution in [2.45, 2.75) is 19.4 Å². The van der Waals surface area contributed by atoms with Crippen LogP contribution in [0.2, 0.25) is 5.02 Å². The zero-order chi connectivity index (χ0) is 18.4. The van der Waals surface area contributed by atoms with E-state index in [2.05, 4.69) is 5.32 Å². The van der Waals surface area contributed by atoms with E-state index in [1.807, 2.05) is 48.5 Å². The molecule has 0 aromatic heterocycles. The number of hydrogen-bond acceptors (Lipinski definition) is 3. The van der Waals surface area contributed by atoms with Gasteiger partial charge < -0.3 is 15.0 Å². The first-order valence-corrected chi connectivity index (χ1v) is 9.02. The summed E-state index contributed by atoms with van der Waals surface area (Å²) in [4.78, 5) is 26.3. The fourth-order valence-electron chi connectivity index (χ4n) is 2.92. The second kappa shape index (κ2) is 8.72. The molecule has 1 N–H and O–H groups in total. The number of nitrogens with zero attached hydrogens (tertiary/aromatic N) is 1. The molecular weight excluding hydrogens is 352 g/mol. The van der Waals surface area contributed by atoms with E-state index in [1.54, 1.807) is 11.0 Å². The van der Waals surface area contributed by atoms with Crippen LogP contribution in [0.3, 0.4) is 0 Å². The Morgan fingerprint density at radius 2 is 1.69 bits per heavy atom. The lowest BCUT2D eigenvalue weighted by molar-refractivity contribution is -0.151. The van der Waals surface area contributed by atoms with Crippen LogP contribution in [-0.4, -0.2) is 30.0 Å². The number of para-hydroxylation sites is 1. The summed E-state index contributed by atoms with van der Waals surface area (Å²) in [6.07, 6.45) is 1.20.